The minimum absolute atomic E-state index is 0.692. The van der Waals surface area contributed by atoms with Crippen LogP contribution in [0.1, 0.15) is 24.8 Å². The summed E-state index contributed by atoms with van der Waals surface area (Å²) < 4.78 is 5.03. The Morgan fingerprint density at radius 1 is 1.27 bits per heavy atom. The molecule has 3 nitrogen and oxygen atoms in total. The Labute approximate surface area is 91.1 Å². The van der Waals surface area contributed by atoms with Crippen molar-refractivity contribution in [3.8, 4) is 5.88 Å². The smallest absolute Gasteiger partial charge is 0.212 e. The lowest BCUT2D eigenvalue weighted by atomic mass is 10.1. The van der Waals surface area contributed by atoms with E-state index in [1.165, 1.54) is 37.9 Å². The van der Waals surface area contributed by atoms with E-state index in [1.54, 1.807) is 7.11 Å². The third-order valence-corrected chi connectivity index (χ3v) is 2.86. The number of piperidine rings is 1. The van der Waals surface area contributed by atoms with Crippen molar-refractivity contribution in [1.29, 1.82) is 0 Å². The molecule has 82 valence electrons. The van der Waals surface area contributed by atoms with Crippen molar-refractivity contribution in [2.45, 2.75) is 25.8 Å². The van der Waals surface area contributed by atoms with Crippen LogP contribution in [0.2, 0.25) is 0 Å². The summed E-state index contributed by atoms with van der Waals surface area (Å²) in [5.74, 6) is 0.692. The zero-order valence-electron chi connectivity index (χ0n) is 9.28. The molecule has 1 aromatic rings. The fourth-order valence-corrected chi connectivity index (χ4v) is 2.00. The van der Waals surface area contributed by atoms with Gasteiger partial charge in [0.1, 0.15) is 0 Å². The molecule has 2 heterocycles. The number of pyridine rings is 1. The molecule has 0 N–H and O–H groups in total. The standard InChI is InChI=1S/C12H18N2O/c1-15-12-6-5-11(9-13-12)10-14-7-3-2-4-8-14/h5-6,9H,2-4,7-8,10H2,1H3. The molecule has 0 aromatic carbocycles. The fourth-order valence-electron chi connectivity index (χ4n) is 2.00. The van der Waals surface area contributed by atoms with Gasteiger partial charge in [-0.1, -0.05) is 12.5 Å². The van der Waals surface area contributed by atoms with Crippen molar-refractivity contribution in [2.75, 3.05) is 20.2 Å². The van der Waals surface area contributed by atoms with Crippen LogP contribution in [0.25, 0.3) is 0 Å². The zero-order chi connectivity index (χ0) is 10.5. The Hall–Kier alpha value is -1.09. The van der Waals surface area contributed by atoms with Crippen LogP contribution in [0, 0.1) is 0 Å². The van der Waals surface area contributed by atoms with E-state index in [9.17, 15) is 0 Å². The van der Waals surface area contributed by atoms with E-state index < -0.39 is 0 Å². The third-order valence-electron chi connectivity index (χ3n) is 2.86. The van der Waals surface area contributed by atoms with Gasteiger partial charge in [-0.05, 0) is 31.5 Å². The number of methoxy groups -OCH3 is 1. The summed E-state index contributed by atoms with van der Waals surface area (Å²) in [6.45, 7) is 3.48. The summed E-state index contributed by atoms with van der Waals surface area (Å²) in [5.41, 5.74) is 1.28. The summed E-state index contributed by atoms with van der Waals surface area (Å²) in [4.78, 5) is 6.71. The minimum Gasteiger partial charge on any atom is -0.481 e. The average molecular weight is 206 g/mol. The molecule has 0 amide bonds. The topological polar surface area (TPSA) is 25.4 Å². The van der Waals surface area contributed by atoms with Gasteiger partial charge in [0.25, 0.3) is 0 Å². The monoisotopic (exact) mass is 206 g/mol. The lowest BCUT2D eigenvalue weighted by Gasteiger charge is -2.26. The third kappa shape index (κ3) is 2.93. The Balaban J connectivity index is 1.91. The molecule has 1 fully saturated rings. The molecule has 1 aliphatic rings. The highest BCUT2D eigenvalue weighted by atomic mass is 16.5. The van der Waals surface area contributed by atoms with E-state index in [2.05, 4.69) is 16.0 Å². The first kappa shape index (κ1) is 10.4. The highest BCUT2D eigenvalue weighted by Crippen LogP contribution is 2.13. The number of hydrogen-bond acceptors (Lipinski definition) is 3. The second-order valence-corrected chi connectivity index (χ2v) is 4.05. The number of ether oxygens (including phenoxy) is 1. The maximum absolute atomic E-state index is 5.03. The normalized spacial score (nSPS) is 17.7. The molecule has 0 radical (unpaired) electrons. The van der Waals surface area contributed by atoms with Crippen molar-refractivity contribution in [2.24, 2.45) is 0 Å². The molecular weight excluding hydrogens is 188 g/mol. The van der Waals surface area contributed by atoms with E-state index in [-0.39, 0.29) is 0 Å². The number of nitrogens with zero attached hydrogens (tertiary/aromatic N) is 2. The van der Waals surface area contributed by atoms with Gasteiger partial charge in [-0.3, -0.25) is 4.90 Å². The van der Waals surface area contributed by atoms with Gasteiger partial charge in [-0.15, -0.1) is 0 Å². The van der Waals surface area contributed by atoms with Crippen LogP contribution in [-0.4, -0.2) is 30.1 Å². The Morgan fingerprint density at radius 3 is 2.67 bits per heavy atom. The Bertz CT molecular complexity index is 291. The fraction of sp³-hybridized carbons (Fsp3) is 0.583. The molecule has 0 spiro atoms. The first-order chi connectivity index (χ1) is 7.38. The van der Waals surface area contributed by atoms with E-state index in [1.807, 2.05) is 12.3 Å². The highest BCUT2D eigenvalue weighted by molar-refractivity contribution is 5.17. The maximum Gasteiger partial charge on any atom is 0.212 e. The van der Waals surface area contributed by atoms with Gasteiger partial charge in [0.15, 0.2) is 0 Å². The quantitative estimate of drug-likeness (QED) is 0.757. The molecule has 0 saturated carbocycles. The minimum atomic E-state index is 0.692. The van der Waals surface area contributed by atoms with E-state index in [0.717, 1.165) is 6.54 Å². The van der Waals surface area contributed by atoms with Crippen molar-refractivity contribution >= 4 is 0 Å². The van der Waals surface area contributed by atoms with Crippen molar-refractivity contribution in [1.82, 2.24) is 9.88 Å². The molecule has 3 heteroatoms. The Kier molecular flexibility index (Phi) is 3.56. The van der Waals surface area contributed by atoms with Gasteiger partial charge in [-0.25, -0.2) is 4.98 Å². The van der Waals surface area contributed by atoms with Gasteiger partial charge in [0, 0.05) is 18.8 Å². The van der Waals surface area contributed by atoms with Gasteiger partial charge >= 0.3 is 0 Å². The summed E-state index contributed by atoms with van der Waals surface area (Å²) in [5, 5.41) is 0. The van der Waals surface area contributed by atoms with E-state index >= 15 is 0 Å². The molecule has 1 aromatic heterocycles. The van der Waals surface area contributed by atoms with E-state index in [4.69, 9.17) is 4.74 Å². The van der Waals surface area contributed by atoms with Crippen LogP contribution in [0.4, 0.5) is 0 Å². The molecule has 1 aliphatic heterocycles. The molecule has 0 bridgehead atoms. The highest BCUT2D eigenvalue weighted by Gasteiger charge is 2.10. The largest absolute Gasteiger partial charge is 0.481 e. The maximum atomic E-state index is 5.03. The van der Waals surface area contributed by atoms with Gasteiger partial charge in [0.05, 0.1) is 7.11 Å². The van der Waals surface area contributed by atoms with Crippen molar-refractivity contribution in [3.63, 3.8) is 0 Å². The second-order valence-electron chi connectivity index (χ2n) is 4.05. The van der Waals surface area contributed by atoms with Crippen LogP contribution in [-0.2, 0) is 6.54 Å². The van der Waals surface area contributed by atoms with E-state index in [0.29, 0.717) is 5.88 Å². The van der Waals surface area contributed by atoms with Gasteiger partial charge in [0.2, 0.25) is 5.88 Å². The molecule has 2 rings (SSSR count). The molecule has 15 heavy (non-hydrogen) atoms. The predicted octanol–water partition coefficient (Wildman–Crippen LogP) is 2.08. The summed E-state index contributed by atoms with van der Waals surface area (Å²) >= 11 is 0. The zero-order valence-corrected chi connectivity index (χ0v) is 9.28. The first-order valence-electron chi connectivity index (χ1n) is 5.60. The lowest BCUT2D eigenvalue weighted by molar-refractivity contribution is 0.220. The van der Waals surface area contributed by atoms with Crippen LogP contribution < -0.4 is 4.74 Å². The first-order valence-corrected chi connectivity index (χ1v) is 5.60. The van der Waals surface area contributed by atoms with Crippen LogP contribution >= 0.6 is 0 Å². The summed E-state index contributed by atoms with van der Waals surface area (Å²) in [6, 6.07) is 4.03. The van der Waals surface area contributed by atoms with Crippen LogP contribution in [0.5, 0.6) is 5.88 Å². The van der Waals surface area contributed by atoms with Gasteiger partial charge < -0.3 is 4.74 Å². The summed E-state index contributed by atoms with van der Waals surface area (Å²) in [7, 11) is 1.65. The average Bonchev–Trinajstić information content (AvgIpc) is 2.31. The Morgan fingerprint density at radius 2 is 2.07 bits per heavy atom. The summed E-state index contributed by atoms with van der Waals surface area (Å²) in [6.07, 6.45) is 5.97. The molecule has 0 aliphatic carbocycles. The number of rotatable bonds is 3. The lowest BCUT2D eigenvalue weighted by Crippen LogP contribution is -2.29. The number of likely N-dealkylation sites (tertiary alicyclic amines) is 1. The van der Waals surface area contributed by atoms with Crippen molar-refractivity contribution in [3.05, 3.63) is 23.9 Å². The van der Waals surface area contributed by atoms with Crippen LogP contribution in [0.3, 0.4) is 0 Å². The predicted molar refractivity (Wildman–Crippen MR) is 59.9 cm³/mol. The molecular formula is C12H18N2O. The van der Waals surface area contributed by atoms with Crippen molar-refractivity contribution < 1.29 is 4.74 Å². The number of hydrogen-bond donors (Lipinski definition) is 0. The molecule has 0 atom stereocenters. The van der Waals surface area contributed by atoms with Crippen LogP contribution in [0.15, 0.2) is 18.3 Å². The SMILES string of the molecule is COc1ccc(CN2CCCCC2)cn1. The van der Waals surface area contributed by atoms with Gasteiger partial charge in [-0.2, -0.15) is 0 Å². The molecule has 0 unspecified atom stereocenters. The second kappa shape index (κ2) is 5.12. The number of aromatic nitrogens is 1. The molecule has 1 saturated heterocycles.